The first-order valence-corrected chi connectivity index (χ1v) is 6.29. The zero-order chi connectivity index (χ0) is 10.5. The molecule has 93 valence electrons. The Morgan fingerprint density at radius 2 is 1.75 bits per heavy atom. The van der Waals surface area contributed by atoms with Gasteiger partial charge in [0, 0.05) is 0 Å². The molecule has 0 N–H and O–H groups in total. The second-order valence-electron chi connectivity index (χ2n) is 5.07. The van der Waals surface area contributed by atoms with Gasteiger partial charge in [0.05, 0.1) is 0 Å². The minimum Gasteiger partial charge on any atom is -0.184 e. The molecule has 2 rings (SSSR count). The summed E-state index contributed by atoms with van der Waals surface area (Å²) >= 11 is 0. The topological polar surface area (TPSA) is 0 Å². The van der Waals surface area contributed by atoms with E-state index >= 15 is 0 Å². The van der Waals surface area contributed by atoms with Gasteiger partial charge in [-0.15, -0.1) is 0 Å². The second-order valence-corrected chi connectivity index (χ2v) is 5.07. The molecule has 1 saturated carbocycles. The van der Waals surface area contributed by atoms with E-state index in [1.807, 2.05) is 12.1 Å². The van der Waals surface area contributed by atoms with E-state index in [0.29, 0.717) is 0 Å². The summed E-state index contributed by atoms with van der Waals surface area (Å²) in [5, 5.41) is 0. The summed E-state index contributed by atoms with van der Waals surface area (Å²) in [6.45, 7) is 2.39. The molecule has 1 aliphatic carbocycles. The van der Waals surface area contributed by atoms with Gasteiger partial charge in [-0.2, -0.15) is 35.9 Å². The fraction of sp³-hybridized carbons (Fsp3) is 0.600. The first-order chi connectivity index (χ1) is 7.34. The summed E-state index contributed by atoms with van der Waals surface area (Å²) in [6, 6.07) is 11.5. The molecule has 1 aromatic carbocycles. The molecule has 0 spiro atoms. The Balaban J connectivity index is 0.00000128. The summed E-state index contributed by atoms with van der Waals surface area (Å²) in [5.41, 5.74) is 1.48. The molecule has 1 heteroatoms. The molecule has 0 saturated heterocycles. The molecule has 0 aliphatic heterocycles. The smallest absolute Gasteiger partial charge is 0 e. The predicted octanol–water partition coefficient (Wildman–Crippen LogP) is 4.25. The predicted molar refractivity (Wildman–Crippen MR) is 64.7 cm³/mol. The van der Waals surface area contributed by atoms with Crippen molar-refractivity contribution in [2.45, 2.75) is 45.4 Å². The van der Waals surface area contributed by atoms with E-state index in [2.05, 4.69) is 25.1 Å². The average Bonchev–Trinajstić information content (AvgIpc) is 2.30. The Morgan fingerprint density at radius 3 is 2.38 bits per heavy atom. The van der Waals surface area contributed by atoms with Crippen molar-refractivity contribution in [3.05, 3.63) is 35.9 Å². The SMILES string of the molecule is CC1CCC(CCc2cc[c-]cc2)CC1.[Es]. The van der Waals surface area contributed by atoms with Crippen molar-refractivity contribution < 1.29 is 0 Å². The Kier molecular flexibility index (Phi) is 4.57. The van der Waals surface area contributed by atoms with E-state index in [1.165, 1.54) is 44.1 Å². The van der Waals surface area contributed by atoms with Crippen LogP contribution in [0.1, 0.15) is 44.6 Å². The van der Waals surface area contributed by atoms with Gasteiger partial charge in [0.15, 0.2) is 0 Å². The summed E-state index contributed by atoms with van der Waals surface area (Å²) in [4.78, 5) is 0. The van der Waals surface area contributed by atoms with Crippen LogP contribution in [0.2, 0.25) is 0 Å². The molecule has 0 unspecified atom stereocenters. The van der Waals surface area contributed by atoms with Crippen molar-refractivity contribution in [1.82, 2.24) is 0 Å². The van der Waals surface area contributed by atoms with Gasteiger partial charge in [0.1, 0.15) is 0 Å². The van der Waals surface area contributed by atoms with Crippen LogP contribution in [0.15, 0.2) is 24.3 Å². The number of aryl methyl sites for hydroxylation is 1. The molecule has 0 bridgehead atoms. The summed E-state index contributed by atoms with van der Waals surface area (Å²) in [7, 11) is 0. The standard InChI is InChI=1S/C15H21.Es/c1-13-7-9-15(10-8-13)12-11-14-5-3-2-4-6-14;/h3-6,13,15H,7-12H2,1H3;/q-1;. The van der Waals surface area contributed by atoms with Crippen LogP contribution < -0.4 is 0 Å². The Hall–Kier alpha value is -1.78. The third-order valence-corrected chi connectivity index (χ3v) is 3.76. The van der Waals surface area contributed by atoms with Gasteiger partial charge in [-0.05, 0) is 18.3 Å². The molecule has 0 aromatic heterocycles. The molecular formula is C15H21Es-. The Labute approximate surface area is 93.7 Å². The third-order valence-electron chi connectivity index (χ3n) is 3.76. The molecule has 0 heterocycles. The molecule has 16 heavy (non-hydrogen) atoms. The van der Waals surface area contributed by atoms with E-state index in [4.69, 9.17) is 0 Å². The number of hydrogen-bond donors (Lipinski definition) is 0. The van der Waals surface area contributed by atoms with Gasteiger partial charge >= 0.3 is 0 Å². The summed E-state index contributed by atoms with van der Waals surface area (Å²) in [6.07, 6.45) is 8.46. The molecular weight excluding hydrogens is 432 g/mol. The van der Waals surface area contributed by atoms with Crippen molar-refractivity contribution >= 4 is 0 Å². The number of hydrogen-bond acceptors (Lipinski definition) is 0. The normalized spacial score (nSPS) is 24.8. The maximum absolute atomic E-state index is 3.08. The van der Waals surface area contributed by atoms with E-state index in [9.17, 15) is 0 Å². The summed E-state index contributed by atoms with van der Waals surface area (Å²) < 4.78 is 0. The average molecular weight is 453 g/mol. The van der Waals surface area contributed by atoms with Crippen molar-refractivity contribution in [1.29, 1.82) is 0 Å². The molecule has 1 radical (unpaired) electrons. The number of benzene rings is 1. The zero-order valence-electron chi connectivity index (χ0n) is 10.0. The Morgan fingerprint density at radius 1 is 1.12 bits per heavy atom. The Bertz CT molecular complexity index is 273. The maximum atomic E-state index is 3.08. The van der Waals surface area contributed by atoms with E-state index in [0.717, 1.165) is 11.8 Å². The molecule has 1 aliphatic rings. The van der Waals surface area contributed by atoms with Crippen molar-refractivity contribution in [3.8, 4) is 0 Å². The van der Waals surface area contributed by atoms with Gasteiger partial charge < -0.3 is 0 Å². The second kappa shape index (κ2) is 5.95. The van der Waals surface area contributed by atoms with Crippen LogP contribution in [0.3, 0.4) is 0 Å². The first-order valence-electron chi connectivity index (χ1n) is 6.29. The van der Waals surface area contributed by atoms with E-state index < -0.39 is 0 Å². The molecule has 0 nitrogen and oxygen atoms in total. The van der Waals surface area contributed by atoms with E-state index in [-0.39, 0.29) is 0 Å². The van der Waals surface area contributed by atoms with Gasteiger partial charge in [0.2, 0.25) is 0 Å². The van der Waals surface area contributed by atoms with Crippen LogP contribution in [0, 0.1) is 17.9 Å². The minimum absolute atomic E-state index is 0. The van der Waals surface area contributed by atoms with Crippen LogP contribution in [-0.2, 0) is 6.42 Å². The summed E-state index contributed by atoms with van der Waals surface area (Å²) in [5.74, 6) is 1.97. The van der Waals surface area contributed by atoms with Crippen LogP contribution in [0.25, 0.3) is 0 Å². The van der Waals surface area contributed by atoms with Crippen LogP contribution in [0.4, 0.5) is 0 Å². The largest absolute Gasteiger partial charge is 0.184 e. The van der Waals surface area contributed by atoms with Crippen molar-refractivity contribution in [3.63, 3.8) is 0 Å². The fourth-order valence-electron chi connectivity index (χ4n) is 2.58. The molecule has 1 aromatic rings. The molecule has 0 atom stereocenters. The van der Waals surface area contributed by atoms with Crippen molar-refractivity contribution in [2.75, 3.05) is 0 Å². The molecule has 1 fully saturated rings. The zero-order valence-corrected chi connectivity index (χ0v) is 12.5. The van der Waals surface area contributed by atoms with Gasteiger partial charge in [0.25, 0.3) is 0 Å². The van der Waals surface area contributed by atoms with Crippen molar-refractivity contribution in [2.24, 2.45) is 11.8 Å². The monoisotopic (exact) mass is 453 g/mol. The fourth-order valence-corrected chi connectivity index (χ4v) is 2.58. The quantitative estimate of drug-likeness (QED) is 0.601. The van der Waals surface area contributed by atoms with Gasteiger partial charge in [-0.25, -0.2) is 0 Å². The van der Waals surface area contributed by atoms with Crippen LogP contribution in [-0.4, -0.2) is 0 Å². The minimum atomic E-state index is 0. The first kappa shape index (κ1) is 12.3. The molecule has 0 amide bonds. The maximum Gasteiger partial charge on any atom is 0 e. The third kappa shape index (κ3) is 3.42. The number of rotatable bonds is 3. The van der Waals surface area contributed by atoms with Gasteiger partial charge in [-0.1, -0.05) is 39.0 Å². The van der Waals surface area contributed by atoms with Gasteiger partial charge in [-0.3, -0.25) is 0 Å². The van der Waals surface area contributed by atoms with Crippen LogP contribution >= 0.6 is 0 Å². The van der Waals surface area contributed by atoms with Crippen LogP contribution in [0.5, 0.6) is 0 Å². The van der Waals surface area contributed by atoms with E-state index in [1.54, 1.807) is 0 Å².